The predicted octanol–water partition coefficient (Wildman–Crippen LogP) is 4.09. The molecule has 26 heavy (non-hydrogen) atoms. The smallest absolute Gasteiger partial charge is 0.320 e. The molecule has 1 aromatic carbocycles. The maximum absolute atomic E-state index is 11.4. The third kappa shape index (κ3) is 3.53. The summed E-state index contributed by atoms with van der Waals surface area (Å²) >= 11 is 7.08. The third-order valence-electron chi connectivity index (χ3n) is 3.23. The van der Waals surface area contributed by atoms with Gasteiger partial charge in [0.25, 0.3) is 0 Å². The van der Waals surface area contributed by atoms with Gasteiger partial charge in [0.1, 0.15) is 6.07 Å². The number of hydrogen-bond donors (Lipinski definition) is 3. The van der Waals surface area contributed by atoms with Gasteiger partial charge in [-0.05, 0) is 35.8 Å². The molecule has 3 rings (SSSR count). The van der Waals surface area contributed by atoms with Crippen molar-refractivity contribution < 1.29 is 9.90 Å². The van der Waals surface area contributed by atoms with Crippen LogP contribution < -0.4 is 10.6 Å². The van der Waals surface area contributed by atoms with Crippen LogP contribution in [0.2, 0.25) is 5.02 Å². The number of rotatable bonds is 3. The monoisotopic (exact) mass is 387 g/mol. The summed E-state index contributed by atoms with van der Waals surface area (Å²) in [5.74, 6) is -0.0807. The van der Waals surface area contributed by atoms with Crippen LogP contribution in [-0.4, -0.2) is 27.5 Å². The number of urea groups is 1. The molecule has 0 radical (unpaired) electrons. The first kappa shape index (κ1) is 17.5. The SMILES string of the molecule is CNC(=O)Nc1nc(/N=N/c2snc3cc(Cl)c(C#N)cc23)ccc1O. The van der Waals surface area contributed by atoms with Crippen LogP contribution in [0.5, 0.6) is 5.75 Å². The van der Waals surface area contributed by atoms with Crippen LogP contribution in [0.3, 0.4) is 0 Å². The third-order valence-corrected chi connectivity index (χ3v) is 4.30. The zero-order chi connectivity index (χ0) is 18.7. The number of carbonyl (C=O) groups is 1. The van der Waals surface area contributed by atoms with Crippen molar-refractivity contribution in [3.05, 3.63) is 34.9 Å². The van der Waals surface area contributed by atoms with E-state index in [-0.39, 0.29) is 17.4 Å². The van der Waals surface area contributed by atoms with E-state index in [1.807, 2.05) is 6.07 Å². The molecule has 0 aliphatic heterocycles. The van der Waals surface area contributed by atoms with E-state index >= 15 is 0 Å². The van der Waals surface area contributed by atoms with E-state index in [0.717, 1.165) is 11.5 Å². The lowest BCUT2D eigenvalue weighted by molar-refractivity contribution is 0.253. The zero-order valence-corrected chi connectivity index (χ0v) is 14.8. The van der Waals surface area contributed by atoms with Crippen molar-refractivity contribution in [2.45, 2.75) is 0 Å². The normalized spacial score (nSPS) is 10.8. The Morgan fingerprint density at radius 1 is 1.38 bits per heavy atom. The quantitative estimate of drug-likeness (QED) is 0.581. The average Bonchev–Trinajstić information content (AvgIpc) is 3.03. The summed E-state index contributed by atoms with van der Waals surface area (Å²) in [6.07, 6.45) is 0. The van der Waals surface area contributed by atoms with Crippen LogP contribution in [0.1, 0.15) is 5.56 Å². The van der Waals surface area contributed by atoms with Gasteiger partial charge in [0.05, 0.1) is 16.1 Å². The van der Waals surface area contributed by atoms with Gasteiger partial charge < -0.3 is 10.4 Å². The van der Waals surface area contributed by atoms with Crippen LogP contribution in [0, 0.1) is 11.3 Å². The Morgan fingerprint density at radius 2 is 2.19 bits per heavy atom. The van der Waals surface area contributed by atoms with Gasteiger partial charge in [-0.3, -0.25) is 5.32 Å². The highest BCUT2D eigenvalue weighted by Crippen LogP contribution is 2.35. The number of anilines is 1. The topological polar surface area (TPSA) is 136 Å². The van der Waals surface area contributed by atoms with Gasteiger partial charge in [-0.2, -0.15) is 9.64 Å². The number of azo groups is 1. The molecule has 11 heteroatoms. The molecule has 9 nitrogen and oxygen atoms in total. The largest absolute Gasteiger partial charge is 0.504 e. The second-order valence-electron chi connectivity index (χ2n) is 4.89. The molecule has 2 amide bonds. The van der Waals surface area contributed by atoms with Crippen LogP contribution in [0.25, 0.3) is 10.9 Å². The van der Waals surface area contributed by atoms with Crippen molar-refractivity contribution in [2.24, 2.45) is 10.2 Å². The minimum absolute atomic E-state index is 0.0477. The number of fused-ring (bicyclic) bond motifs is 1. The number of carbonyl (C=O) groups excluding carboxylic acids is 1. The van der Waals surface area contributed by atoms with E-state index in [9.17, 15) is 9.90 Å². The van der Waals surface area contributed by atoms with Gasteiger partial charge in [0.15, 0.2) is 22.4 Å². The predicted molar refractivity (Wildman–Crippen MR) is 97.5 cm³/mol. The van der Waals surface area contributed by atoms with Gasteiger partial charge in [-0.25, -0.2) is 9.78 Å². The first-order valence-corrected chi connectivity index (χ1v) is 8.26. The minimum Gasteiger partial charge on any atom is -0.504 e. The lowest BCUT2D eigenvalue weighted by atomic mass is 10.2. The second-order valence-corrected chi connectivity index (χ2v) is 6.05. The summed E-state index contributed by atoms with van der Waals surface area (Å²) in [6.45, 7) is 0. The number of nitrogens with zero attached hydrogens (tertiary/aromatic N) is 5. The summed E-state index contributed by atoms with van der Waals surface area (Å²) < 4.78 is 4.22. The molecule has 0 saturated heterocycles. The van der Waals surface area contributed by atoms with Crippen LogP contribution in [-0.2, 0) is 0 Å². The molecule has 0 aliphatic carbocycles. The first-order valence-electron chi connectivity index (χ1n) is 7.11. The standard InChI is InChI=1S/C15H10ClN7O2S/c1-18-15(25)20-13-11(24)2-3-12(19-13)21-22-14-8-4-7(6-17)9(16)5-10(8)23-26-14/h2-5,24H,1H3,(H2,18,19,20,25)/b22-21+. The Kier molecular flexibility index (Phi) is 4.92. The van der Waals surface area contributed by atoms with Gasteiger partial charge in [-0.15, -0.1) is 10.2 Å². The molecule has 3 N–H and O–H groups in total. The van der Waals surface area contributed by atoms with Crippen molar-refractivity contribution in [1.29, 1.82) is 5.26 Å². The number of halogens is 1. The van der Waals surface area contributed by atoms with E-state index in [0.29, 0.717) is 26.5 Å². The number of aromatic nitrogens is 2. The maximum Gasteiger partial charge on any atom is 0.320 e. The highest BCUT2D eigenvalue weighted by Gasteiger charge is 2.11. The summed E-state index contributed by atoms with van der Waals surface area (Å²) in [4.78, 5) is 15.4. The molecule has 0 spiro atoms. The van der Waals surface area contributed by atoms with Crippen molar-refractivity contribution in [3.8, 4) is 11.8 Å². The Balaban J connectivity index is 1.93. The fraction of sp³-hybridized carbons (Fsp3) is 0.0667. The van der Waals surface area contributed by atoms with Crippen molar-refractivity contribution in [2.75, 3.05) is 12.4 Å². The van der Waals surface area contributed by atoms with E-state index in [4.69, 9.17) is 16.9 Å². The lowest BCUT2D eigenvalue weighted by Gasteiger charge is -2.05. The minimum atomic E-state index is -0.531. The van der Waals surface area contributed by atoms with Gasteiger partial charge >= 0.3 is 6.03 Å². The molecule has 0 bridgehead atoms. The van der Waals surface area contributed by atoms with E-state index in [2.05, 4.69) is 30.2 Å². The Hall–Kier alpha value is -3.29. The van der Waals surface area contributed by atoms with Crippen LogP contribution in [0.15, 0.2) is 34.5 Å². The molecule has 2 heterocycles. The fourth-order valence-electron chi connectivity index (χ4n) is 1.96. The number of benzene rings is 1. The van der Waals surface area contributed by atoms with E-state index in [1.165, 1.54) is 19.2 Å². The molecule has 130 valence electrons. The molecular formula is C15H10ClN7O2S. The van der Waals surface area contributed by atoms with Crippen molar-refractivity contribution in [3.63, 3.8) is 0 Å². The fourth-order valence-corrected chi connectivity index (χ4v) is 2.84. The zero-order valence-electron chi connectivity index (χ0n) is 13.2. The van der Waals surface area contributed by atoms with Crippen molar-refractivity contribution in [1.82, 2.24) is 14.7 Å². The number of amides is 2. The average molecular weight is 388 g/mol. The number of pyridine rings is 1. The summed E-state index contributed by atoms with van der Waals surface area (Å²) in [5, 5.41) is 33.1. The molecule has 0 unspecified atom stereocenters. The first-order chi connectivity index (χ1) is 12.5. The van der Waals surface area contributed by atoms with E-state index in [1.54, 1.807) is 12.1 Å². The molecular weight excluding hydrogens is 378 g/mol. The molecule has 0 saturated carbocycles. The Labute approximate surface area is 156 Å². The highest BCUT2D eigenvalue weighted by molar-refractivity contribution is 7.11. The Morgan fingerprint density at radius 3 is 2.92 bits per heavy atom. The summed E-state index contributed by atoms with van der Waals surface area (Å²) in [5.41, 5.74) is 0.921. The molecule has 0 aliphatic rings. The molecule has 0 atom stereocenters. The van der Waals surface area contributed by atoms with Gasteiger partial charge in [0.2, 0.25) is 0 Å². The highest BCUT2D eigenvalue weighted by atomic mass is 35.5. The summed E-state index contributed by atoms with van der Waals surface area (Å²) in [7, 11) is 1.44. The van der Waals surface area contributed by atoms with Gasteiger partial charge in [-0.1, -0.05) is 11.6 Å². The van der Waals surface area contributed by atoms with E-state index < -0.39 is 6.03 Å². The lowest BCUT2D eigenvalue weighted by Crippen LogP contribution is -2.24. The number of nitrogens with one attached hydrogen (secondary N) is 2. The molecule has 2 aromatic heterocycles. The van der Waals surface area contributed by atoms with Crippen LogP contribution in [0.4, 0.5) is 21.4 Å². The number of aromatic hydroxyl groups is 1. The Bertz CT molecular complexity index is 1070. The number of hydrogen-bond acceptors (Lipinski definition) is 8. The second kappa shape index (κ2) is 7.30. The summed E-state index contributed by atoms with van der Waals surface area (Å²) in [6, 6.07) is 7.44. The van der Waals surface area contributed by atoms with Crippen LogP contribution >= 0.6 is 23.1 Å². The van der Waals surface area contributed by atoms with Crippen molar-refractivity contribution >= 4 is 56.7 Å². The van der Waals surface area contributed by atoms with Gasteiger partial charge in [0, 0.05) is 12.4 Å². The molecule has 0 fully saturated rings. The maximum atomic E-state index is 11.4. The molecule has 3 aromatic rings. The number of nitriles is 1.